The number of thiophene rings is 1. The van der Waals surface area contributed by atoms with E-state index in [0.717, 1.165) is 19.5 Å². The van der Waals surface area contributed by atoms with Gasteiger partial charge in [0.05, 0.1) is 0 Å². The molecule has 1 nitrogen and oxygen atoms in total. The molecule has 1 aliphatic rings. The number of rotatable bonds is 1. The predicted octanol–water partition coefficient (Wildman–Crippen LogP) is 3.70. The van der Waals surface area contributed by atoms with Gasteiger partial charge in [-0.1, -0.05) is 12.1 Å². The fraction of sp³-hybridized carbons (Fsp3) is 0.231. The Balaban J connectivity index is 0.000000963. The summed E-state index contributed by atoms with van der Waals surface area (Å²) in [6, 6.07) is 8.99. The highest BCUT2D eigenvalue weighted by Gasteiger charge is 2.06. The summed E-state index contributed by atoms with van der Waals surface area (Å²) >= 11 is 1.81. The summed E-state index contributed by atoms with van der Waals surface area (Å²) in [6.45, 7) is 2.12. The average Bonchev–Trinajstić information content (AvgIpc) is 2.77. The second kappa shape index (κ2) is 5.00. The number of fused-ring (bicyclic) bond motifs is 1. The average molecular weight is 252 g/mol. The van der Waals surface area contributed by atoms with Crippen LogP contribution in [-0.2, 0) is 0 Å². The number of benzene rings is 1. The molecule has 1 N–H and O–H groups in total. The molecule has 0 aliphatic carbocycles. The van der Waals surface area contributed by atoms with Gasteiger partial charge in [0.1, 0.15) is 0 Å². The van der Waals surface area contributed by atoms with Crippen molar-refractivity contribution in [1.29, 1.82) is 0 Å². The van der Waals surface area contributed by atoms with E-state index < -0.39 is 0 Å². The Labute approximate surface area is 106 Å². The van der Waals surface area contributed by atoms with Crippen molar-refractivity contribution >= 4 is 39.4 Å². The Morgan fingerprint density at radius 3 is 2.94 bits per heavy atom. The summed E-state index contributed by atoms with van der Waals surface area (Å²) in [7, 11) is 0. The zero-order valence-electron chi connectivity index (χ0n) is 8.90. The second-order valence-electron chi connectivity index (χ2n) is 3.86. The van der Waals surface area contributed by atoms with Gasteiger partial charge < -0.3 is 5.32 Å². The molecule has 84 valence electrons. The molecule has 0 radical (unpaired) electrons. The molecule has 16 heavy (non-hydrogen) atoms. The fourth-order valence-electron chi connectivity index (χ4n) is 2.05. The minimum absolute atomic E-state index is 0. The normalized spacial score (nSPS) is 15.6. The summed E-state index contributed by atoms with van der Waals surface area (Å²) in [4.78, 5) is 0. The van der Waals surface area contributed by atoms with Crippen molar-refractivity contribution in [3.8, 4) is 0 Å². The number of hydrogen-bond acceptors (Lipinski definition) is 2. The highest BCUT2D eigenvalue weighted by Crippen LogP contribution is 2.26. The van der Waals surface area contributed by atoms with Crippen molar-refractivity contribution in [2.45, 2.75) is 6.42 Å². The SMILES string of the molecule is C1=C(c2ccc3sccc3c2)CCNC1.Cl. The smallest absolute Gasteiger partial charge is 0.0343 e. The quantitative estimate of drug-likeness (QED) is 0.815. The summed E-state index contributed by atoms with van der Waals surface area (Å²) in [5.74, 6) is 0. The van der Waals surface area contributed by atoms with E-state index >= 15 is 0 Å². The lowest BCUT2D eigenvalue weighted by molar-refractivity contribution is 0.739. The van der Waals surface area contributed by atoms with Crippen molar-refractivity contribution in [1.82, 2.24) is 5.32 Å². The van der Waals surface area contributed by atoms with Gasteiger partial charge in [0.2, 0.25) is 0 Å². The second-order valence-corrected chi connectivity index (χ2v) is 4.80. The molecular formula is C13H14ClNS. The Bertz CT molecular complexity index is 515. The maximum Gasteiger partial charge on any atom is 0.0343 e. The van der Waals surface area contributed by atoms with Crippen molar-refractivity contribution in [3.05, 3.63) is 41.3 Å². The predicted molar refractivity (Wildman–Crippen MR) is 74.5 cm³/mol. The molecule has 0 unspecified atom stereocenters. The molecule has 1 aliphatic heterocycles. The van der Waals surface area contributed by atoms with Gasteiger partial charge in [-0.25, -0.2) is 0 Å². The first-order valence-electron chi connectivity index (χ1n) is 5.31. The van der Waals surface area contributed by atoms with Crippen molar-refractivity contribution in [2.75, 3.05) is 13.1 Å². The first kappa shape index (κ1) is 11.6. The van der Waals surface area contributed by atoms with E-state index in [4.69, 9.17) is 0 Å². The Kier molecular flexibility index (Phi) is 3.64. The van der Waals surface area contributed by atoms with Crippen LogP contribution >= 0.6 is 23.7 Å². The summed E-state index contributed by atoms with van der Waals surface area (Å²) in [6.07, 6.45) is 3.45. The van der Waals surface area contributed by atoms with Crippen LogP contribution in [0.4, 0.5) is 0 Å². The molecular weight excluding hydrogens is 238 g/mol. The van der Waals surface area contributed by atoms with Gasteiger partial charge in [-0.05, 0) is 53.1 Å². The number of hydrogen-bond donors (Lipinski definition) is 1. The molecule has 0 saturated heterocycles. The van der Waals surface area contributed by atoms with Crippen LogP contribution < -0.4 is 5.32 Å². The first-order valence-corrected chi connectivity index (χ1v) is 6.19. The van der Waals surface area contributed by atoms with Gasteiger partial charge in [-0.15, -0.1) is 23.7 Å². The van der Waals surface area contributed by atoms with Gasteiger partial charge in [0.15, 0.2) is 0 Å². The molecule has 0 saturated carbocycles. The zero-order valence-corrected chi connectivity index (χ0v) is 10.5. The van der Waals surface area contributed by atoms with Crippen LogP contribution in [0, 0.1) is 0 Å². The molecule has 0 bridgehead atoms. The molecule has 2 heterocycles. The third kappa shape index (κ3) is 2.14. The molecule has 3 heteroatoms. The maximum atomic E-state index is 3.34. The van der Waals surface area contributed by atoms with Crippen molar-refractivity contribution in [2.24, 2.45) is 0 Å². The molecule has 0 fully saturated rings. The van der Waals surface area contributed by atoms with E-state index in [1.165, 1.54) is 21.2 Å². The lowest BCUT2D eigenvalue weighted by Gasteiger charge is -2.14. The summed E-state index contributed by atoms with van der Waals surface area (Å²) < 4.78 is 1.38. The molecule has 1 aromatic carbocycles. The molecule has 3 rings (SSSR count). The lowest BCUT2D eigenvalue weighted by Crippen LogP contribution is -2.19. The maximum absolute atomic E-state index is 3.34. The van der Waals surface area contributed by atoms with Crippen molar-refractivity contribution in [3.63, 3.8) is 0 Å². The number of nitrogens with one attached hydrogen (secondary N) is 1. The van der Waals surface area contributed by atoms with Crippen LogP contribution in [0.3, 0.4) is 0 Å². The lowest BCUT2D eigenvalue weighted by atomic mass is 9.99. The summed E-state index contributed by atoms with van der Waals surface area (Å²) in [5, 5.41) is 6.87. The van der Waals surface area contributed by atoms with E-state index in [-0.39, 0.29) is 12.4 Å². The Morgan fingerprint density at radius 2 is 2.12 bits per heavy atom. The highest BCUT2D eigenvalue weighted by atomic mass is 35.5. The Hall–Kier alpha value is -0.830. The zero-order chi connectivity index (χ0) is 10.1. The van der Waals surface area contributed by atoms with Gasteiger partial charge >= 0.3 is 0 Å². The molecule has 0 amide bonds. The standard InChI is InChI=1S/C13H13NS.ClH/c1-2-13-12(5-8-15-13)9-11(1)10-3-6-14-7-4-10;/h1-3,5,8-9,14H,4,6-7H2;1H. The molecule has 0 spiro atoms. The van der Waals surface area contributed by atoms with Crippen LogP contribution in [0.2, 0.25) is 0 Å². The van der Waals surface area contributed by atoms with Crippen LogP contribution in [0.15, 0.2) is 35.7 Å². The Morgan fingerprint density at radius 1 is 1.19 bits per heavy atom. The van der Waals surface area contributed by atoms with E-state index in [0.29, 0.717) is 0 Å². The first-order chi connectivity index (χ1) is 7.43. The third-order valence-electron chi connectivity index (χ3n) is 2.89. The van der Waals surface area contributed by atoms with Crippen LogP contribution in [0.5, 0.6) is 0 Å². The van der Waals surface area contributed by atoms with E-state index in [2.05, 4.69) is 41.0 Å². The molecule has 1 aromatic heterocycles. The molecule has 0 atom stereocenters. The highest BCUT2D eigenvalue weighted by molar-refractivity contribution is 7.17. The van der Waals surface area contributed by atoms with Gasteiger partial charge in [0, 0.05) is 11.2 Å². The van der Waals surface area contributed by atoms with Gasteiger partial charge in [-0.3, -0.25) is 0 Å². The monoisotopic (exact) mass is 251 g/mol. The third-order valence-corrected chi connectivity index (χ3v) is 3.78. The van der Waals surface area contributed by atoms with Crippen molar-refractivity contribution < 1.29 is 0 Å². The van der Waals surface area contributed by atoms with Crippen LogP contribution in [0.1, 0.15) is 12.0 Å². The molecule has 2 aromatic rings. The fourth-order valence-corrected chi connectivity index (χ4v) is 2.82. The topological polar surface area (TPSA) is 12.0 Å². The minimum Gasteiger partial charge on any atom is -0.313 e. The largest absolute Gasteiger partial charge is 0.313 e. The minimum atomic E-state index is 0. The summed E-state index contributed by atoms with van der Waals surface area (Å²) in [5.41, 5.74) is 2.88. The van der Waals surface area contributed by atoms with E-state index in [1.807, 2.05) is 11.3 Å². The number of halogens is 1. The van der Waals surface area contributed by atoms with Gasteiger partial charge in [0.25, 0.3) is 0 Å². The van der Waals surface area contributed by atoms with Crippen LogP contribution in [-0.4, -0.2) is 13.1 Å². The van der Waals surface area contributed by atoms with E-state index in [1.54, 1.807) is 0 Å². The van der Waals surface area contributed by atoms with Crippen LogP contribution in [0.25, 0.3) is 15.7 Å². The van der Waals surface area contributed by atoms with E-state index in [9.17, 15) is 0 Å². The van der Waals surface area contributed by atoms with Gasteiger partial charge in [-0.2, -0.15) is 0 Å².